The molecule has 7 heteroatoms. The van der Waals surface area contributed by atoms with Gasteiger partial charge in [-0.25, -0.2) is 14.8 Å². The number of rotatable bonds is 5. The molecule has 2 aromatic carbocycles. The van der Waals surface area contributed by atoms with Gasteiger partial charge in [-0.15, -0.1) is 0 Å². The van der Waals surface area contributed by atoms with Crippen molar-refractivity contribution >= 4 is 17.7 Å². The van der Waals surface area contributed by atoms with Gasteiger partial charge in [0, 0.05) is 22.2 Å². The monoisotopic (exact) mass is 516 g/mol. The number of carbonyl (C=O) groups excluding carboxylic acids is 2. The summed E-state index contributed by atoms with van der Waals surface area (Å²) in [7, 11) is 0. The first-order chi connectivity index (χ1) is 17.6. The molecule has 1 atom stereocenters. The fourth-order valence-corrected chi connectivity index (χ4v) is 4.18. The standard InChI is InChI=1S/C31H40N4O3/c1-29(2,3)23-24(32-19-33-26(23)30(4,5)6)21-15-17-22(18-16-21)34-27(36)25(20-13-11-10-12-14-20)35-28(37)38-31(7,8)9/h10-19,25H,1-9H3,(H,34,36)(H,35,37)/t25-/m1/s1. The lowest BCUT2D eigenvalue weighted by Crippen LogP contribution is -2.40. The molecule has 3 aromatic rings. The van der Waals surface area contributed by atoms with Gasteiger partial charge in [-0.1, -0.05) is 84.0 Å². The number of aromatic nitrogens is 2. The summed E-state index contributed by atoms with van der Waals surface area (Å²) in [6, 6.07) is 15.7. The van der Waals surface area contributed by atoms with Crippen LogP contribution in [-0.2, 0) is 20.4 Å². The van der Waals surface area contributed by atoms with Crippen molar-refractivity contribution in [1.82, 2.24) is 15.3 Å². The van der Waals surface area contributed by atoms with Crippen LogP contribution in [0.4, 0.5) is 10.5 Å². The fraction of sp³-hybridized carbons (Fsp3) is 0.419. The van der Waals surface area contributed by atoms with Gasteiger partial charge in [-0.05, 0) is 43.9 Å². The number of carbonyl (C=O) groups is 2. The van der Waals surface area contributed by atoms with E-state index in [1.54, 1.807) is 39.2 Å². The molecule has 3 rings (SSSR count). The van der Waals surface area contributed by atoms with Crippen LogP contribution >= 0.6 is 0 Å². The maximum atomic E-state index is 13.3. The van der Waals surface area contributed by atoms with Gasteiger partial charge in [0.25, 0.3) is 5.91 Å². The van der Waals surface area contributed by atoms with E-state index < -0.39 is 17.7 Å². The molecule has 1 aromatic heterocycles. The minimum Gasteiger partial charge on any atom is -0.444 e. The fourth-order valence-electron chi connectivity index (χ4n) is 4.18. The molecule has 0 bridgehead atoms. The van der Waals surface area contributed by atoms with Crippen LogP contribution in [0.25, 0.3) is 11.3 Å². The van der Waals surface area contributed by atoms with Crippen LogP contribution in [0, 0.1) is 0 Å². The number of hydrogen-bond donors (Lipinski definition) is 2. The van der Waals surface area contributed by atoms with E-state index in [0.717, 1.165) is 22.5 Å². The second kappa shape index (κ2) is 10.9. The maximum absolute atomic E-state index is 13.3. The quantitative estimate of drug-likeness (QED) is 0.383. The average Bonchev–Trinajstić information content (AvgIpc) is 2.81. The largest absolute Gasteiger partial charge is 0.444 e. The Balaban J connectivity index is 1.89. The van der Waals surface area contributed by atoms with E-state index in [2.05, 4.69) is 62.1 Å². The van der Waals surface area contributed by atoms with Gasteiger partial charge in [0.1, 0.15) is 18.0 Å². The van der Waals surface area contributed by atoms with Gasteiger partial charge < -0.3 is 15.4 Å². The molecule has 202 valence electrons. The number of nitrogens with one attached hydrogen (secondary N) is 2. The van der Waals surface area contributed by atoms with E-state index in [9.17, 15) is 9.59 Å². The van der Waals surface area contributed by atoms with Crippen molar-refractivity contribution in [2.24, 2.45) is 0 Å². The third-order valence-electron chi connectivity index (χ3n) is 5.79. The Kier molecular flexibility index (Phi) is 8.30. The van der Waals surface area contributed by atoms with E-state index in [0.29, 0.717) is 11.3 Å². The molecule has 0 aliphatic heterocycles. The second-order valence-electron chi connectivity index (χ2n) is 12.5. The summed E-state index contributed by atoms with van der Waals surface area (Å²) in [5, 5.41) is 5.63. The Morgan fingerprint density at radius 1 is 0.789 bits per heavy atom. The first kappa shape index (κ1) is 28.8. The highest BCUT2D eigenvalue weighted by molar-refractivity contribution is 5.97. The lowest BCUT2D eigenvalue weighted by Gasteiger charge is -2.30. The summed E-state index contributed by atoms with van der Waals surface area (Å²) in [5.41, 5.74) is 4.21. The number of hydrogen-bond acceptors (Lipinski definition) is 5. The molecule has 0 saturated carbocycles. The highest BCUT2D eigenvalue weighted by Gasteiger charge is 2.30. The maximum Gasteiger partial charge on any atom is 0.408 e. The van der Waals surface area contributed by atoms with Crippen LogP contribution in [0.3, 0.4) is 0 Å². The molecule has 0 aliphatic rings. The minimum atomic E-state index is -0.922. The van der Waals surface area contributed by atoms with E-state index in [4.69, 9.17) is 4.74 Å². The number of alkyl carbamates (subject to hydrolysis) is 1. The van der Waals surface area contributed by atoms with Crippen molar-refractivity contribution in [3.05, 3.63) is 77.7 Å². The number of anilines is 1. The summed E-state index contributed by atoms with van der Waals surface area (Å²) in [6.45, 7) is 18.3. The SMILES string of the molecule is CC(C)(C)OC(=O)N[C@@H](C(=O)Nc1ccc(-c2ncnc(C(C)(C)C)c2C(C)(C)C)cc1)c1ccccc1. The topological polar surface area (TPSA) is 93.2 Å². The molecular weight excluding hydrogens is 476 g/mol. The first-order valence-electron chi connectivity index (χ1n) is 12.9. The smallest absolute Gasteiger partial charge is 0.408 e. The van der Waals surface area contributed by atoms with E-state index in [1.807, 2.05) is 42.5 Å². The molecular formula is C31H40N4O3. The highest BCUT2D eigenvalue weighted by Crippen LogP contribution is 2.38. The number of amides is 2. The molecule has 0 spiro atoms. The molecule has 0 aliphatic carbocycles. The normalized spacial score (nSPS) is 13.0. The minimum absolute atomic E-state index is 0.137. The summed E-state index contributed by atoms with van der Waals surface area (Å²) >= 11 is 0. The van der Waals surface area contributed by atoms with Crippen molar-refractivity contribution in [2.75, 3.05) is 5.32 Å². The van der Waals surface area contributed by atoms with E-state index in [-0.39, 0.29) is 16.7 Å². The Bertz CT molecular complexity index is 1270. The van der Waals surface area contributed by atoms with Crippen LogP contribution in [0.5, 0.6) is 0 Å². The third-order valence-corrected chi connectivity index (χ3v) is 5.79. The van der Waals surface area contributed by atoms with E-state index in [1.165, 1.54) is 0 Å². The molecule has 0 radical (unpaired) electrons. The number of benzene rings is 2. The molecule has 38 heavy (non-hydrogen) atoms. The Hall–Kier alpha value is -3.74. The van der Waals surface area contributed by atoms with Gasteiger partial charge in [-0.2, -0.15) is 0 Å². The zero-order valence-electron chi connectivity index (χ0n) is 24.0. The molecule has 0 unspecified atom stereocenters. The van der Waals surface area contributed by atoms with Crippen LogP contribution in [0.15, 0.2) is 60.9 Å². The van der Waals surface area contributed by atoms with Crippen molar-refractivity contribution in [1.29, 1.82) is 0 Å². The Labute approximate surface area is 226 Å². The van der Waals surface area contributed by atoms with Crippen molar-refractivity contribution in [3.8, 4) is 11.3 Å². The summed E-state index contributed by atoms with van der Waals surface area (Å²) in [5.74, 6) is -0.373. The zero-order valence-corrected chi connectivity index (χ0v) is 24.0. The van der Waals surface area contributed by atoms with Crippen LogP contribution in [0.2, 0.25) is 0 Å². The average molecular weight is 517 g/mol. The van der Waals surface area contributed by atoms with Crippen molar-refractivity contribution in [2.45, 2.75) is 84.8 Å². The van der Waals surface area contributed by atoms with Crippen molar-refractivity contribution in [3.63, 3.8) is 0 Å². The number of nitrogens with zero attached hydrogens (tertiary/aromatic N) is 2. The molecule has 0 fully saturated rings. The predicted octanol–water partition coefficient (Wildman–Crippen LogP) is 6.94. The first-order valence-corrected chi connectivity index (χ1v) is 12.9. The molecule has 7 nitrogen and oxygen atoms in total. The van der Waals surface area contributed by atoms with Gasteiger partial charge >= 0.3 is 6.09 Å². The summed E-state index contributed by atoms with van der Waals surface area (Å²) in [4.78, 5) is 35.1. The summed E-state index contributed by atoms with van der Waals surface area (Å²) in [6.07, 6.45) is 0.957. The van der Waals surface area contributed by atoms with Gasteiger partial charge in [0.2, 0.25) is 0 Å². The van der Waals surface area contributed by atoms with Gasteiger partial charge in [0.15, 0.2) is 0 Å². The van der Waals surface area contributed by atoms with Gasteiger partial charge in [0.05, 0.1) is 11.4 Å². The van der Waals surface area contributed by atoms with Crippen LogP contribution in [-0.4, -0.2) is 27.6 Å². The molecule has 2 N–H and O–H groups in total. The summed E-state index contributed by atoms with van der Waals surface area (Å²) < 4.78 is 5.38. The zero-order chi connectivity index (χ0) is 28.3. The van der Waals surface area contributed by atoms with E-state index >= 15 is 0 Å². The third kappa shape index (κ3) is 7.40. The molecule has 0 saturated heterocycles. The van der Waals surface area contributed by atoms with Gasteiger partial charge in [-0.3, -0.25) is 4.79 Å². The molecule has 2 amide bonds. The molecule has 1 heterocycles. The second-order valence-corrected chi connectivity index (χ2v) is 12.5. The lowest BCUT2D eigenvalue weighted by molar-refractivity contribution is -0.118. The Morgan fingerprint density at radius 3 is 1.92 bits per heavy atom. The van der Waals surface area contributed by atoms with Crippen LogP contribution in [0.1, 0.15) is 85.2 Å². The Morgan fingerprint density at radius 2 is 1.39 bits per heavy atom. The number of ether oxygens (including phenoxy) is 1. The predicted molar refractivity (Wildman–Crippen MR) is 152 cm³/mol. The van der Waals surface area contributed by atoms with Crippen LogP contribution < -0.4 is 10.6 Å². The highest BCUT2D eigenvalue weighted by atomic mass is 16.6. The lowest BCUT2D eigenvalue weighted by atomic mass is 9.76. The van der Waals surface area contributed by atoms with Crippen molar-refractivity contribution < 1.29 is 14.3 Å².